The summed E-state index contributed by atoms with van der Waals surface area (Å²) in [5.74, 6) is -1.45. The van der Waals surface area contributed by atoms with Gasteiger partial charge >= 0.3 is 5.97 Å². The second-order valence-corrected chi connectivity index (χ2v) is 5.80. The van der Waals surface area contributed by atoms with E-state index in [1.807, 2.05) is 6.07 Å². The van der Waals surface area contributed by atoms with Crippen molar-refractivity contribution in [2.24, 2.45) is 5.73 Å². The van der Waals surface area contributed by atoms with Crippen LogP contribution in [0.2, 0.25) is 5.02 Å². The first-order valence-electron chi connectivity index (χ1n) is 7.96. The summed E-state index contributed by atoms with van der Waals surface area (Å²) in [5.41, 5.74) is 6.47. The van der Waals surface area contributed by atoms with Crippen LogP contribution in [0.15, 0.2) is 34.9 Å². The first-order valence-corrected chi connectivity index (χ1v) is 8.34. The summed E-state index contributed by atoms with van der Waals surface area (Å²) in [6.45, 7) is 5.44. The largest absolute Gasteiger partial charge is 0.503 e. The molecule has 1 unspecified atom stereocenters. The van der Waals surface area contributed by atoms with E-state index >= 15 is 0 Å². The van der Waals surface area contributed by atoms with E-state index < -0.39 is 11.9 Å². The number of rotatable bonds is 5. The molecule has 0 radical (unpaired) electrons. The highest BCUT2D eigenvalue weighted by Gasteiger charge is 2.37. The number of nitrogens with two attached hydrogens (primary N) is 1. The number of nitrogens with zero attached hydrogens (tertiary/aromatic N) is 1. The molecule has 2 rings (SSSR count). The zero-order valence-corrected chi connectivity index (χ0v) is 15.4. The Kier molecular flexibility index (Phi) is 6.01. The van der Waals surface area contributed by atoms with Crippen molar-refractivity contribution in [1.82, 2.24) is 0 Å². The van der Waals surface area contributed by atoms with Crippen LogP contribution < -0.4 is 10.5 Å². The van der Waals surface area contributed by atoms with Gasteiger partial charge in [0.1, 0.15) is 17.4 Å². The van der Waals surface area contributed by atoms with Crippen LogP contribution in [0.3, 0.4) is 0 Å². The maximum Gasteiger partial charge on any atom is 0.338 e. The Balaban J connectivity index is 2.69. The van der Waals surface area contributed by atoms with Crippen molar-refractivity contribution in [2.75, 3.05) is 13.2 Å². The van der Waals surface area contributed by atoms with Crippen LogP contribution in [-0.4, -0.2) is 24.3 Å². The van der Waals surface area contributed by atoms with E-state index in [2.05, 4.69) is 0 Å². The van der Waals surface area contributed by atoms with E-state index in [1.54, 1.807) is 20.8 Å². The summed E-state index contributed by atoms with van der Waals surface area (Å²) >= 11 is 6.10. The second kappa shape index (κ2) is 8.02. The lowest BCUT2D eigenvalue weighted by Crippen LogP contribution is -2.25. The van der Waals surface area contributed by atoms with E-state index in [-0.39, 0.29) is 45.9 Å². The fraction of sp³-hybridized carbons (Fsp3) is 0.333. The molecule has 3 N–H and O–H groups in total. The van der Waals surface area contributed by atoms with Gasteiger partial charge in [-0.15, -0.1) is 0 Å². The average Bonchev–Trinajstić information content (AvgIpc) is 2.58. The molecule has 1 atom stereocenters. The lowest BCUT2D eigenvalue weighted by atomic mass is 9.83. The zero-order chi connectivity index (χ0) is 19.4. The van der Waals surface area contributed by atoms with Crippen LogP contribution in [0.1, 0.15) is 32.3 Å². The summed E-state index contributed by atoms with van der Waals surface area (Å²) < 4.78 is 15.8. The average molecular weight is 379 g/mol. The van der Waals surface area contributed by atoms with E-state index in [0.717, 1.165) is 0 Å². The Morgan fingerprint density at radius 1 is 1.42 bits per heavy atom. The van der Waals surface area contributed by atoms with Crippen LogP contribution in [-0.2, 0) is 14.3 Å². The first kappa shape index (κ1) is 19.5. The van der Waals surface area contributed by atoms with Crippen molar-refractivity contribution >= 4 is 17.6 Å². The topological polar surface area (TPSA) is 115 Å². The quantitative estimate of drug-likeness (QED) is 0.756. The Hall–Kier alpha value is -2.85. The molecule has 0 aliphatic carbocycles. The number of hydrogen-bond acceptors (Lipinski definition) is 7. The minimum atomic E-state index is -0.856. The van der Waals surface area contributed by atoms with Gasteiger partial charge in [0.2, 0.25) is 5.88 Å². The number of carbonyl (C=O) groups excluding carboxylic acids is 1. The van der Waals surface area contributed by atoms with Gasteiger partial charge in [-0.05, 0) is 38.5 Å². The number of hydrogen-bond donors (Lipinski definition) is 2. The number of phenolic OH excluding ortho intramolecular Hbond substituents is 1. The molecule has 26 heavy (non-hydrogen) atoms. The Morgan fingerprint density at radius 2 is 2.12 bits per heavy atom. The number of carbonyl (C=O) groups is 1. The number of benzene rings is 1. The number of aromatic hydroxyl groups is 1. The highest BCUT2D eigenvalue weighted by atomic mass is 35.5. The predicted octanol–water partition coefficient (Wildman–Crippen LogP) is 3.09. The monoisotopic (exact) mass is 378 g/mol. The molecule has 0 saturated heterocycles. The molecule has 1 aromatic carbocycles. The van der Waals surface area contributed by atoms with E-state index in [0.29, 0.717) is 12.2 Å². The van der Waals surface area contributed by atoms with Crippen LogP contribution in [0, 0.1) is 11.3 Å². The van der Waals surface area contributed by atoms with Gasteiger partial charge in [0.05, 0.1) is 29.7 Å². The van der Waals surface area contributed by atoms with Crippen LogP contribution in [0.5, 0.6) is 11.5 Å². The summed E-state index contributed by atoms with van der Waals surface area (Å²) in [4.78, 5) is 12.5. The molecular weight excluding hydrogens is 360 g/mol. The number of phenols is 1. The Bertz CT molecular complexity index is 839. The molecule has 1 heterocycles. The fourth-order valence-corrected chi connectivity index (χ4v) is 2.93. The van der Waals surface area contributed by atoms with Crippen molar-refractivity contribution < 1.29 is 24.1 Å². The summed E-state index contributed by atoms with van der Waals surface area (Å²) in [6.07, 6.45) is 0. The SMILES string of the molecule is CCOC(=O)C1=C(C)OC(N)=C(C#N)C1c1cc(Cl)c(O)c(OCC)c1. The summed E-state index contributed by atoms with van der Waals surface area (Å²) in [7, 11) is 0. The molecule has 1 aromatic rings. The summed E-state index contributed by atoms with van der Waals surface area (Å²) in [5, 5.41) is 19.6. The molecule has 138 valence electrons. The second-order valence-electron chi connectivity index (χ2n) is 5.40. The predicted molar refractivity (Wildman–Crippen MR) is 94.3 cm³/mol. The van der Waals surface area contributed by atoms with Gasteiger partial charge in [0.15, 0.2) is 11.5 Å². The standard InChI is InChI=1S/C18H19ClN2O5/c1-4-24-13-7-10(6-12(19)16(13)22)15-11(8-20)17(21)26-9(3)14(15)18(23)25-5-2/h6-7,15,22H,4-5,21H2,1-3H3. The van der Waals surface area contributed by atoms with Gasteiger partial charge in [-0.25, -0.2) is 4.79 Å². The lowest BCUT2D eigenvalue weighted by Gasteiger charge is -2.27. The number of ether oxygens (including phenoxy) is 3. The third-order valence-electron chi connectivity index (χ3n) is 3.78. The third kappa shape index (κ3) is 3.55. The molecular formula is C18H19ClN2O5. The Morgan fingerprint density at radius 3 is 2.69 bits per heavy atom. The van der Waals surface area contributed by atoms with Gasteiger partial charge in [-0.1, -0.05) is 11.6 Å². The summed E-state index contributed by atoms with van der Waals surface area (Å²) in [6, 6.07) is 4.94. The van der Waals surface area contributed by atoms with E-state index in [9.17, 15) is 15.2 Å². The molecule has 0 amide bonds. The van der Waals surface area contributed by atoms with Gasteiger partial charge in [-0.2, -0.15) is 5.26 Å². The van der Waals surface area contributed by atoms with Gasteiger partial charge in [0, 0.05) is 0 Å². The van der Waals surface area contributed by atoms with E-state index in [1.165, 1.54) is 12.1 Å². The molecule has 1 aliphatic heterocycles. The molecule has 0 saturated carbocycles. The van der Waals surface area contributed by atoms with E-state index in [4.69, 9.17) is 31.5 Å². The molecule has 1 aliphatic rings. The minimum absolute atomic E-state index is 0.0224. The number of allylic oxidation sites excluding steroid dienone is 2. The molecule has 0 spiro atoms. The zero-order valence-electron chi connectivity index (χ0n) is 14.6. The number of nitriles is 1. The smallest absolute Gasteiger partial charge is 0.338 e. The van der Waals surface area contributed by atoms with Crippen molar-refractivity contribution in [2.45, 2.75) is 26.7 Å². The number of halogens is 1. The maximum absolute atomic E-state index is 12.5. The van der Waals surface area contributed by atoms with Crippen molar-refractivity contribution in [3.05, 3.63) is 45.5 Å². The highest BCUT2D eigenvalue weighted by molar-refractivity contribution is 6.32. The first-order chi connectivity index (χ1) is 12.3. The van der Waals surface area contributed by atoms with Gasteiger partial charge in [-0.3, -0.25) is 0 Å². The van der Waals surface area contributed by atoms with Crippen molar-refractivity contribution in [1.29, 1.82) is 5.26 Å². The van der Waals surface area contributed by atoms with Gasteiger partial charge in [0.25, 0.3) is 0 Å². The Labute approximate surface area is 156 Å². The molecule has 7 nitrogen and oxygen atoms in total. The lowest BCUT2D eigenvalue weighted by molar-refractivity contribution is -0.139. The van der Waals surface area contributed by atoms with Crippen molar-refractivity contribution in [3.63, 3.8) is 0 Å². The minimum Gasteiger partial charge on any atom is -0.503 e. The molecule has 0 aromatic heterocycles. The van der Waals surface area contributed by atoms with Gasteiger partial charge < -0.3 is 25.1 Å². The van der Waals surface area contributed by atoms with Crippen molar-refractivity contribution in [3.8, 4) is 17.6 Å². The fourth-order valence-electron chi connectivity index (χ4n) is 2.71. The third-order valence-corrected chi connectivity index (χ3v) is 4.07. The van der Waals surface area contributed by atoms with Crippen LogP contribution in [0.4, 0.5) is 0 Å². The molecule has 0 bridgehead atoms. The normalized spacial score (nSPS) is 16.8. The van der Waals surface area contributed by atoms with Crippen LogP contribution in [0.25, 0.3) is 0 Å². The maximum atomic E-state index is 12.5. The molecule has 8 heteroatoms. The van der Waals surface area contributed by atoms with Crippen LogP contribution >= 0.6 is 11.6 Å². The highest BCUT2D eigenvalue weighted by Crippen LogP contribution is 2.44. The molecule has 0 fully saturated rings. The number of esters is 1.